The van der Waals surface area contributed by atoms with E-state index in [2.05, 4.69) is 13.5 Å². The fourth-order valence-electron chi connectivity index (χ4n) is 1.45. The molecule has 1 N–H and O–H groups in total. The number of hydrogen-bond acceptors (Lipinski definition) is 1. The maximum atomic E-state index is 9.73. The first-order valence-electron chi connectivity index (χ1n) is 5.30. The average molecular weight is 274 g/mol. The molecule has 0 fully saturated rings. The van der Waals surface area contributed by atoms with Crippen LogP contribution in [-0.4, -0.2) is 15.0 Å². The van der Waals surface area contributed by atoms with Crippen LogP contribution in [0.25, 0.3) is 0 Å². The van der Waals surface area contributed by atoms with E-state index in [0.29, 0.717) is 0 Å². The van der Waals surface area contributed by atoms with Gasteiger partial charge in [0, 0.05) is 5.92 Å². The van der Waals surface area contributed by atoms with Crippen molar-refractivity contribution in [1.82, 2.24) is 0 Å². The van der Waals surface area contributed by atoms with Gasteiger partial charge in [-0.2, -0.15) is 0 Å². The highest BCUT2D eigenvalue weighted by atomic mass is 35.6. The van der Waals surface area contributed by atoms with Crippen molar-refractivity contribution in [3.8, 4) is 0 Å². The summed E-state index contributed by atoms with van der Waals surface area (Å²) in [5.74, 6) is -0.144. The van der Waals surface area contributed by atoms with Gasteiger partial charge in [-0.3, -0.25) is 0 Å². The third kappa shape index (κ3) is 6.68. The molecule has 15 heavy (non-hydrogen) atoms. The molecule has 0 aromatic carbocycles. The van der Waals surface area contributed by atoms with Crippen LogP contribution in [0.3, 0.4) is 0 Å². The van der Waals surface area contributed by atoms with Gasteiger partial charge < -0.3 is 5.11 Å². The Balaban J connectivity index is 3.97. The van der Waals surface area contributed by atoms with Crippen LogP contribution < -0.4 is 0 Å². The van der Waals surface area contributed by atoms with Crippen molar-refractivity contribution in [1.29, 1.82) is 0 Å². The van der Waals surface area contributed by atoms with Crippen LogP contribution in [0.4, 0.5) is 0 Å². The van der Waals surface area contributed by atoms with E-state index < -0.39 is 9.90 Å². The summed E-state index contributed by atoms with van der Waals surface area (Å²) < 4.78 is -1.62. The molecule has 0 saturated heterocycles. The molecular weight excluding hydrogens is 254 g/mol. The van der Waals surface area contributed by atoms with E-state index in [4.69, 9.17) is 34.8 Å². The molecule has 4 heteroatoms. The Bertz CT molecular complexity index is 177. The number of aliphatic hydroxyl groups excluding tert-OH is 1. The van der Waals surface area contributed by atoms with Crippen LogP contribution in [0.5, 0.6) is 0 Å². The fourth-order valence-corrected chi connectivity index (χ4v) is 1.94. The minimum Gasteiger partial charge on any atom is -0.388 e. The van der Waals surface area contributed by atoms with Gasteiger partial charge in [-0.25, -0.2) is 0 Å². The molecule has 0 aliphatic heterocycles. The maximum Gasteiger partial charge on any atom is 0.216 e. The molecule has 0 heterocycles. The minimum atomic E-state index is -1.62. The first kappa shape index (κ1) is 15.6. The van der Waals surface area contributed by atoms with Crippen molar-refractivity contribution in [2.24, 2.45) is 5.92 Å². The summed E-state index contributed by atoms with van der Waals surface area (Å²) in [5, 5.41) is 9.73. The summed E-state index contributed by atoms with van der Waals surface area (Å²) in [7, 11) is 0. The Morgan fingerprint density at radius 1 is 1.27 bits per heavy atom. The van der Waals surface area contributed by atoms with Crippen LogP contribution in [0.1, 0.15) is 39.0 Å². The lowest BCUT2D eigenvalue weighted by Gasteiger charge is -2.25. The quantitative estimate of drug-likeness (QED) is 0.412. The second-order valence-electron chi connectivity index (χ2n) is 3.74. The lowest BCUT2D eigenvalue weighted by molar-refractivity contribution is 0.128. The van der Waals surface area contributed by atoms with Crippen LogP contribution in [-0.2, 0) is 0 Å². The summed E-state index contributed by atoms with van der Waals surface area (Å²) >= 11 is 16.9. The molecule has 0 radical (unpaired) electrons. The second-order valence-corrected chi connectivity index (χ2v) is 6.10. The van der Waals surface area contributed by atoms with Crippen molar-refractivity contribution >= 4 is 34.8 Å². The molecule has 0 bridgehead atoms. The van der Waals surface area contributed by atoms with Crippen molar-refractivity contribution in [2.45, 2.75) is 48.9 Å². The topological polar surface area (TPSA) is 20.2 Å². The predicted octanol–water partition coefficient (Wildman–Crippen LogP) is 4.49. The summed E-state index contributed by atoms with van der Waals surface area (Å²) in [5.41, 5.74) is 0. The molecule has 0 amide bonds. The summed E-state index contributed by atoms with van der Waals surface area (Å²) in [6, 6.07) is 0. The normalized spacial score (nSPS) is 16.1. The number of rotatable bonds is 7. The molecule has 0 spiro atoms. The lowest BCUT2D eigenvalue weighted by Crippen LogP contribution is -2.32. The van der Waals surface area contributed by atoms with E-state index in [-0.39, 0.29) is 5.92 Å². The molecule has 0 aliphatic carbocycles. The van der Waals surface area contributed by atoms with Gasteiger partial charge in [-0.15, -0.1) is 6.58 Å². The number of hydrogen-bond donors (Lipinski definition) is 1. The van der Waals surface area contributed by atoms with E-state index in [0.717, 1.165) is 19.3 Å². The maximum absolute atomic E-state index is 9.73. The van der Waals surface area contributed by atoms with Gasteiger partial charge in [0.25, 0.3) is 0 Å². The molecule has 90 valence electrons. The van der Waals surface area contributed by atoms with E-state index in [1.54, 1.807) is 6.08 Å². The smallest absolute Gasteiger partial charge is 0.216 e. The van der Waals surface area contributed by atoms with Crippen LogP contribution in [0, 0.1) is 5.92 Å². The molecule has 0 aliphatic rings. The van der Waals surface area contributed by atoms with Crippen molar-refractivity contribution in [3.63, 3.8) is 0 Å². The zero-order chi connectivity index (χ0) is 11.9. The van der Waals surface area contributed by atoms with Gasteiger partial charge in [0.05, 0.1) is 0 Å². The zero-order valence-electron chi connectivity index (χ0n) is 9.06. The van der Waals surface area contributed by atoms with Gasteiger partial charge in [0.1, 0.15) is 6.10 Å². The van der Waals surface area contributed by atoms with Crippen molar-refractivity contribution < 1.29 is 5.11 Å². The van der Waals surface area contributed by atoms with Gasteiger partial charge in [-0.05, 0) is 6.42 Å². The van der Waals surface area contributed by atoms with E-state index in [1.165, 1.54) is 12.8 Å². The minimum absolute atomic E-state index is 0.144. The van der Waals surface area contributed by atoms with E-state index in [9.17, 15) is 5.11 Å². The fraction of sp³-hybridized carbons (Fsp3) is 0.818. The second kappa shape index (κ2) is 7.78. The highest BCUT2D eigenvalue weighted by molar-refractivity contribution is 6.68. The standard InChI is InChI=1S/C11H19Cl3O/c1-3-5-6-7-8-9(4-2)10(15)11(12,13)14/h4,9-10,15H,2-3,5-8H2,1H3/t9-,10+/m1/s1. The first-order valence-corrected chi connectivity index (χ1v) is 6.44. The van der Waals surface area contributed by atoms with Crippen LogP contribution >= 0.6 is 34.8 Å². The Hall–Kier alpha value is 0.570. The molecule has 2 atom stereocenters. The van der Waals surface area contributed by atoms with Gasteiger partial charge >= 0.3 is 0 Å². The molecule has 0 aromatic heterocycles. The highest BCUT2D eigenvalue weighted by Crippen LogP contribution is 2.36. The van der Waals surface area contributed by atoms with Gasteiger partial charge in [-0.1, -0.05) is 73.5 Å². The largest absolute Gasteiger partial charge is 0.388 e. The average Bonchev–Trinajstić information content (AvgIpc) is 2.16. The molecule has 0 rings (SSSR count). The number of halogens is 3. The number of unbranched alkanes of at least 4 members (excludes halogenated alkanes) is 3. The Morgan fingerprint density at radius 3 is 2.27 bits per heavy atom. The molecule has 0 unspecified atom stereocenters. The third-order valence-corrected chi connectivity index (χ3v) is 3.11. The summed E-state index contributed by atoms with van der Waals surface area (Å²) in [6.07, 6.45) is 6.08. The number of aliphatic hydroxyl groups is 1. The van der Waals surface area contributed by atoms with Gasteiger partial charge in [0.2, 0.25) is 3.79 Å². The molecule has 0 saturated carbocycles. The van der Waals surface area contributed by atoms with Crippen molar-refractivity contribution in [2.75, 3.05) is 0 Å². The molecule has 0 aromatic rings. The first-order chi connectivity index (χ1) is 6.93. The van der Waals surface area contributed by atoms with Crippen LogP contribution in [0.15, 0.2) is 12.7 Å². The summed E-state index contributed by atoms with van der Waals surface area (Å²) in [4.78, 5) is 0. The Labute approximate surface area is 107 Å². The van der Waals surface area contributed by atoms with Crippen LogP contribution in [0.2, 0.25) is 0 Å². The summed E-state index contributed by atoms with van der Waals surface area (Å²) in [6.45, 7) is 5.81. The zero-order valence-corrected chi connectivity index (χ0v) is 11.3. The lowest BCUT2D eigenvalue weighted by atomic mass is 9.96. The Kier molecular flexibility index (Phi) is 8.08. The number of alkyl halides is 3. The van der Waals surface area contributed by atoms with E-state index in [1.807, 2.05) is 0 Å². The molecule has 1 nitrogen and oxygen atoms in total. The predicted molar refractivity (Wildman–Crippen MR) is 68.7 cm³/mol. The monoisotopic (exact) mass is 272 g/mol. The molecular formula is C11H19Cl3O. The van der Waals surface area contributed by atoms with E-state index >= 15 is 0 Å². The van der Waals surface area contributed by atoms with Crippen molar-refractivity contribution in [3.05, 3.63) is 12.7 Å². The Morgan fingerprint density at radius 2 is 1.87 bits per heavy atom. The SMILES string of the molecule is C=C[C@H](CCCCCC)[C@H](O)C(Cl)(Cl)Cl. The van der Waals surface area contributed by atoms with Gasteiger partial charge in [0.15, 0.2) is 0 Å². The highest BCUT2D eigenvalue weighted by Gasteiger charge is 2.35. The third-order valence-electron chi connectivity index (χ3n) is 2.43.